The number of hydrogen-bond donors (Lipinski definition) is 1. The molecular formula is C12H10N4O. The lowest BCUT2D eigenvalue weighted by atomic mass is 10.2. The van der Waals surface area contributed by atoms with Crippen LogP contribution in [0.5, 0.6) is 5.75 Å². The molecule has 1 rings (SSSR count). The van der Waals surface area contributed by atoms with Crippen LogP contribution in [0, 0.1) is 22.7 Å². The van der Waals surface area contributed by atoms with Gasteiger partial charge in [-0.15, -0.1) is 0 Å². The Hall–Kier alpha value is -2.79. The van der Waals surface area contributed by atoms with Crippen LogP contribution in [0.1, 0.15) is 5.56 Å². The number of nitriles is 2. The molecule has 84 valence electrons. The summed E-state index contributed by atoms with van der Waals surface area (Å²) in [6, 6.07) is 10.6. The minimum Gasteiger partial charge on any atom is -0.497 e. The first-order valence-corrected chi connectivity index (χ1v) is 4.69. The Morgan fingerprint density at radius 1 is 1.41 bits per heavy atom. The number of nitrogens with zero attached hydrogens (tertiary/aromatic N) is 3. The van der Waals surface area contributed by atoms with Gasteiger partial charge >= 0.3 is 0 Å². The van der Waals surface area contributed by atoms with Gasteiger partial charge in [-0.1, -0.05) is 12.1 Å². The molecular weight excluding hydrogens is 216 g/mol. The standard InChI is InChI=1S/C12H10N4O/c1-17-10-4-2-3-9(5-10)8-16-12(7-14)11(15)6-13/h2-5,8H,15H2,1H3/b12-11+,16-8?. The molecule has 17 heavy (non-hydrogen) atoms. The number of allylic oxidation sites excluding steroid dienone is 2. The van der Waals surface area contributed by atoms with Gasteiger partial charge in [-0.3, -0.25) is 0 Å². The van der Waals surface area contributed by atoms with Crippen LogP contribution in [0.3, 0.4) is 0 Å². The lowest BCUT2D eigenvalue weighted by Crippen LogP contribution is -1.97. The fourth-order valence-corrected chi connectivity index (χ4v) is 1.07. The highest BCUT2D eigenvalue weighted by atomic mass is 16.5. The summed E-state index contributed by atoms with van der Waals surface area (Å²) >= 11 is 0. The predicted octanol–water partition coefficient (Wildman–Crippen LogP) is 1.33. The Kier molecular flexibility index (Phi) is 4.29. The molecule has 0 heterocycles. The molecule has 0 fully saturated rings. The van der Waals surface area contributed by atoms with Crippen LogP contribution in [-0.4, -0.2) is 13.3 Å². The van der Waals surface area contributed by atoms with E-state index in [4.69, 9.17) is 21.0 Å². The molecule has 0 aliphatic heterocycles. The maximum atomic E-state index is 8.73. The first-order chi connectivity index (χ1) is 8.21. The molecule has 0 spiro atoms. The third-order valence-corrected chi connectivity index (χ3v) is 1.92. The zero-order valence-electron chi connectivity index (χ0n) is 9.21. The van der Waals surface area contributed by atoms with Crippen molar-refractivity contribution in [2.45, 2.75) is 0 Å². The SMILES string of the molecule is COc1cccc(C=N/C(C#N)=C(/N)C#N)c1. The van der Waals surface area contributed by atoms with Gasteiger partial charge in [0.25, 0.3) is 0 Å². The third kappa shape index (κ3) is 3.37. The molecule has 5 heteroatoms. The topological polar surface area (TPSA) is 95.2 Å². The largest absolute Gasteiger partial charge is 0.497 e. The molecule has 0 saturated heterocycles. The summed E-state index contributed by atoms with van der Waals surface area (Å²) < 4.78 is 5.04. The Morgan fingerprint density at radius 2 is 2.18 bits per heavy atom. The van der Waals surface area contributed by atoms with Crippen LogP contribution in [0.2, 0.25) is 0 Å². The molecule has 1 aromatic rings. The summed E-state index contributed by atoms with van der Waals surface area (Å²) in [5.74, 6) is 0.685. The van der Waals surface area contributed by atoms with E-state index in [1.165, 1.54) is 6.21 Å². The van der Waals surface area contributed by atoms with E-state index in [1.54, 1.807) is 43.5 Å². The van der Waals surface area contributed by atoms with Crippen molar-refractivity contribution in [2.24, 2.45) is 10.7 Å². The number of ether oxygens (including phenoxy) is 1. The molecule has 0 amide bonds. The summed E-state index contributed by atoms with van der Waals surface area (Å²) in [7, 11) is 1.56. The minimum atomic E-state index is -0.202. The third-order valence-electron chi connectivity index (χ3n) is 1.92. The zero-order chi connectivity index (χ0) is 12.7. The van der Waals surface area contributed by atoms with E-state index in [1.807, 2.05) is 0 Å². The van der Waals surface area contributed by atoms with Gasteiger partial charge in [-0.2, -0.15) is 10.5 Å². The van der Waals surface area contributed by atoms with Crippen LogP contribution in [0.15, 0.2) is 40.7 Å². The lowest BCUT2D eigenvalue weighted by molar-refractivity contribution is 0.415. The number of hydrogen-bond acceptors (Lipinski definition) is 5. The van der Waals surface area contributed by atoms with Crippen molar-refractivity contribution < 1.29 is 4.74 Å². The lowest BCUT2D eigenvalue weighted by Gasteiger charge is -1.99. The molecule has 0 atom stereocenters. The average Bonchev–Trinajstić information content (AvgIpc) is 2.39. The maximum Gasteiger partial charge on any atom is 0.174 e. The Balaban J connectivity index is 2.99. The molecule has 0 radical (unpaired) electrons. The summed E-state index contributed by atoms with van der Waals surface area (Å²) in [5.41, 5.74) is 5.75. The van der Waals surface area contributed by atoms with E-state index in [0.29, 0.717) is 5.75 Å². The average molecular weight is 226 g/mol. The van der Waals surface area contributed by atoms with Crippen molar-refractivity contribution in [2.75, 3.05) is 7.11 Å². The normalized spacial score (nSPS) is 11.5. The van der Waals surface area contributed by atoms with Crippen molar-refractivity contribution in [3.63, 3.8) is 0 Å². The molecule has 0 unspecified atom stereocenters. The first kappa shape index (κ1) is 12.3. The van der Waals surface area contributed by atoms with Gasteiger partial charge < -0.3 is 10.5 Å². The Labute approximate surface area is 99.1 Å². The van der Waals surface area contributed by atoms with Crippen molar-refractivity contribution in [1.82, 2.24) is 0 Å². The highest BCUT2D eigenvalue weighted by Crippen LogP contribution is 2.11. The zero-order valence-corrected chi connectivity index (χ0v) is 9.21. The van der Waals surface area contributed by atoms with E-state index >= 15 is 0 Å². The van der Waals surface area contributed by atoms with Crippen LogP contribution in [-0.2, 0) is 0 Å². The van der Waals surface area contributed by atoms with Gasteiger partial charge in [0.1, 0.15) is 23.6 Å². The summed E-state index contributed by atoms with van der Waals surface area (Å²) in [6.07, 6.45) is 1.45. The highest BCUT2D eigenvalue weighted by Gasteiger charge is 1.99. The summed E-state index contributed by atoms with van der Waals surface area (Å²) in [4.78, 5) is 3.85. The van der Waals surface area contributed by atoms with E-state index in [0.717, 1.165) is 5.56 Å². The second kappa shape index (κ2) is 5.94. The number of benzene rings is 1. The van der Waals surface area contributed by atoms with Gasteiger partial charge in [0.15, 0.2) is 5.70 Å². The van der Waals surface area contributed by atoms with E-state index in [9.17, 15) is 0 Å². The van der Waals surface area contributed by atoms with E-state index in [2.05, 4.69) is 4.99 Å². The van der Waals surface area contributed by atoms with Gasteiger partial charge in [0.2, 0.25) is 0 Å². The molecule has 2 N–H and O–H groups in total. The summed E-state index contributed by atoms with van der Waals surface area (Å²) in [5, 5.41) is 17.3. The van der Waals surface area contributed by atoms with Crippen molar-refractivity contribution in [3.8, 4) is 17.9 Å². The monoisotopic (exact) mass is 226 g/mol. The fourth-order valence-electron chi connectivity index (χ4n) is 1.07. The van der Waals surface area contributed by atoms with Gasteiger partial charge in [-0.25, -0.2) is 4.99 Å². The molecule has 0 aliphatic rings. The van der Waals surface area contributed by atoms with Crippen LogP contribution in [0.25, 0.3) is 0 Å². The van der Waals surface area contributed by atoms with Crippen molar-refractivity contribution >= 4 is 6.21 Å². The van der Waals surface area contributed by atoms with Crippen LogP contribution < -0.4 is 10.5 Å². The van der Waals surface area contributed by atoms with Crippen molar-refractivity contribution in [3.05, 3.63) is 41.2 Å². The van der Waals surface area contributed by atoms with E-state index < -0.39 is 0 Å². The Bertz CT molecular complexity index is 546. The fraction of sp³-hybridized carbons (Fsp3) is 0.0833. The maximum absolute atomic E-state index is 8.73. The number of aliphatic imine (C=N–C) groups is 1. The van der Waals surface area contributed by atoms with Gasteiger partial charge in [-0.05, 0) is 17.7 Å². The second-order valence-corrected chi connectivity index (χ2v) is 3.02. The molecule has 1 aromatic carbocycles. The highest BCUT2D eigenvalue weighted by molar-refractivity contribution is 5.81. The number of rotatable bonds is 3. The van der Waals surface area contributed by atoms with Crippen molar-refractivity contribution in [1.29, 1.82) is 10.5 Å². The minimum absolute atomic E-state index is 0.102. The predicted molar refractivity (Wildman–Crippen MR) is 63.0 cm³/mol. The number of nitrogens with two attached hydrogens (primary N) is 1. The summed E-state index contributed by atoms with van der Waals surface area (Å²) in [6.45, 7) is 0. The molecule has 0 aromatic heterocycles. The van der Waals surface area contributed by atoms with E-state index in [-0.39, 0.29) is 11.4 Å². The molecule has 0 aliphatic carbocycles. The van der Waals surface area contributed by atoms with Gasteiger partial charge in [0.05, 0.1) is 7.11 Å². The number of methoxy groups -OCH3 is 1. The van der Waals surface area contributed by atoms with Crippen LogP contribution in [0.4, 0.5) is 0 Å². The molecule has 5 nitrogen and oxygen atoms in total. The van der Waals surface area contributed by atoms with Crippen LogP contribution >= 0.6 is 0 Å². The molecule has 0 bridgehead atoms. The second-order valence-electron chi connectivity index (χ2n) is 3.02. The quantitative estimate of drug-likeness (QED) is 0.621. The first-order valence-electron chi connectivity index (χ1n) is 4.69. The Morgan fingerprint density at radius 3 is 2.76 bits per heavy atom. The smallest absolute Gasteiger partial charge is 0.174 e. The molecule has 0 saturated carbocycles. The van der Waals surface area contributed by atoms with Gasteiger partial charge in [0, 0.05) is 6.21 Å².